The Balaban J connectivity index is 1.73. The van der Waals surface area contributed by atoms with Crippen LogP contribution in [0.15, 0.2) is 42.0 Å². The van der Waals surface area contributed by atoms with Crippen molar-refractivity contribution in [2.75, 3.05) is 59.7 Å². The zero-order valence-corrected chi connectivity index (χ0v) is 25.3. The first-order valence-corrected chi connectivity index (χ1v) is 15.0. The van der Waals surface area contributed by atoms with Gasteiger partial charge in [-0.25, -0.2) is 0 Å². The van der Waals surface area contributed by atoms with Gasteiger partial charge in [-0.15, -0.1) is 0 Å². The van der Waals surface area contributed by atoms with E-state index < -0.39 is 17.7 Å². The normalized spacial score (nSPS) is 18.9. The molecule has 0 radical (unpaired) electrons. The average molecular weight is 581 g/mol. The Labute approximate surface area is 249 Å². The topological polar surface area (TPSA) is 97.8 Å². The van der Waals surface area contributed by atoms with Gasteiger partial charge in [0.1, 0.15) is 11.5 Å². The summed E-state index contributed by atoms with van der Waals surface area (Å²) in [6.07, 6.45) is 3.98. The van der Waals surface area contributed by atoms with E-state index in [1.54, 1.807) is 30.2 Å². The van der Waals surface area contributed by atoms with Crippen molar-refractivity contribution in [2.45, 2.75) is 52.5 Å². The third-order valence-electron chi connectivity index (χ3n) is 7.74. The maximum Gasteiger partial charge on any atom is 0.295 e. The van der Waals surface area contributed by atoms with E-state index in [1.807, 2.05) is 32.0 Å². The fourth-order valence-corrected chi connectivity index (χ4v) is 5.40. The third kappa shape index (κ3) is 7.25. The quantitative estimate of drug-likeness (QED) is 0.142. The Kier molecular flexibility index (Phi) is 11.3. The number of ketones is 1. The molecule has 42 heavy (non-hydrogen) atoms. The Morgan fingerprint density at radius 1 is 0.952 bits per heavy atom. The Morgan fingerprint density at radius 2 is 1.74 bits per heavy atom. The van der Waals surface area contributed by atoms with Crippen LogP contribution >= 0.6 is 0 Å². The highest BCUT2D eigenvalue weighted by molar-refractivity contribution is 6.46. The molecule has 2 aliphatic heterocycles. The minimum Gasteiger partial charge on any atom is -0.507 e. The number of aliphatic hydroxyl groups is 1. The smallest absolute Gasteiger partial charge is 0.295 e. The molecule has 2 saturated heterocycles. The van der Waals surface area contributed by atoms with Crippen LogP contribution in [0.1, 0.15) is 62.3 Å². The molecule has 1 atom stereocenters. The molecule has 1 unspecified atom stereocenters. The predicted octanol–water partition coefficient (Wildman–Crippen LogP) is 5.12. The number of rotatable bonds is 14. The lowest BCUT2D eigenvalue weighted by molar-refractivity contribution is -0.140. The van der Waals surface area contributed by atoms with Crippen molar-refractivity contribution in [3.63, 3.8) is 0 Å². The summed E-state index contributed by atoms with van der Waals surface area (Å²) in [4.78, 5) is 30.9. The molecule has 9 nitrogen and oxygen atoms in total. The van der Waals surface area contributed by atoms with Gasteiger partial charge in [0.15, 0.2) is 11.5 Å². The predicted molar refractivity (Wildman–Crippen MR) is 161 cm³/mol. The summed E-state index contributed by atoms with van der Waals surface area (Å²) in [7, 11) is 1.57. The number of benzene rings is 2. The van der Waals surface area contributed by atoms with E-state index in [2.05, 4.69) is 11.8 Å². The number of carbonyl (C=O) groups excluding carboxylic acids is 2. The molecular formula is C33H44N2O7. The maximum atomic E-state index is 13.6. The van der Waals surface area contributed by atoms with Crippen molar-refractivity contribution in [1.82, 2.24) is 9.80 Å². The fourth-order valence-electron chi connectivity index (χ4n) is 5.40. The number of unbranched alkanes of at least 4 members (excludes halogenated alkanes) is 2. The van der Waals surface area contributed by atoms with E-state index in [0.717, 1.165) is 44.3 Å². The molecule has 0 saturated carbocycles. The fraction of sp³-hybridized carbons (Fsp3) is 0.515. The van der Waals surface area contributed by atoms with Crippen molar-refractivity contribution < 1.29 is 33.6 Å². The van der Waals surface area contributed by atoms with Gasteiger partial charge in [0.2, 0.25) is 0 Å². The molecule has 0 aliphatic carbocycles. The second-order valence-electron chi connectivity index (χ2n) is 10.7. The zero-order chi connectivity index (χ0) is 30.1. The summed E-state index contributed by atoms with van der Waals surface area (Å²) in [6, 6.07) is 10.0. The largest absolute Gasteiger partial charge is 0.507 e. The number of aryl methyl sites for hydroxylation is 1. The van der Waals surface area contributed by atoms with Gasteiger partial charge in [0.05, 0.1) is 45.2 Å². The first kappa shape index (κ1) is 31.4. The van der Waals surface area contributed by atoms with Crippen LogP contribution in [0.25, 0.3) is 5.76 Å². The van der Waals surface area contributed by atoms with E-state index in [1.165, 1.54) is 0 Å². The van der Waals surface area contributed by atoms with Crippen molar-refractivity contribution >= 4 is 17.4 Å². The number of carbonyl (C=O) groups is 2. The maximum absolute atomic E-state index is 13.6. The number of hydrogen-bond donors (Lipinski definition) is 1. The van der Waals surface area contributed by atoms with Crippen LogP contribution in [0.3, 0.4) is 0 Å². The second kappa shape index (κ2) is 15.1. The lowest BCUT2D eigenvalue weighted by Crippen LogP contribution is -2.42. The van der Waals surface area contributed by atoms with Gasteiger partial charge in [-0.3, -0.25) is 14.5 Å². The summed E-state index contributed by atoms with van der Waals surface area (Å²) in [6.45, 7) is 10.9. The number of hydrogen-bond acceptors (Lipinski definition) is 8. The lowest BCUT2D eigenvalue weighted by Gasteiger charge is -2.31. The van der Waals surface area contributed by atoms with Gasteiger partial charge in [-0.1, -0.05) is 32.8 Å². The van der Waals surface area contributed by atoms with Crippen LogP contribution in [0.5, 0.6) is 17.2 Å². The highest BCUT2D eigenvalue weighted by atomic mass is 16.5. The van der Waals surface area contributed by atoms with Gasteiger partial charge in [0, 0.05) is 31.7 Å². The van der Waals surface area contributed by atoms with E-state index in [9.17, 15) is 14.7 Å². The summed E-state index contributed by atoms with van der Waals surface area (Å²) in [5, 5.41) is 11.6. The second-order valence-corrected chi connectivity index (χ2v) is 10.7. The number of likely N-dealkylation sites (tertiary alicyclic amines) is 1. The van der Waals surface area contributed by atoms with Crippen LogP contribution < -0.4 is 14.2 Å². The lowest BCUT2D eigenvalue weighted by atomic mass is 9.93. The van der Waals surface area contributed by atoms with Crippen molar-refractivity contribution in [1.29, 1.82) is 0 Å². The van der Waals surface area contributed by atoms with Crippen LogP contribution in [0.4, 0.5) is 0 Å². The SMILES string of the molecule is CCCCCOc1ccc(C2/C(=C(\O)c3ccc(OCCC)cc3C)C(=O)C(=O)N2CCN2CCOCC2)cc1OC. The molecule has 2 heterocycles. The monoisotopic (exact) mass is 580 g/mol. The average Bonchev–Trinajstić information content (AvgIpc) is 3.26. The molecule has 4 rings (SSSR count). The van der Waals surface area contributed by atoms with Gasteiger partial charge >= 0.3 is 0 Å². The van der Waals surface area contributed by atoms with Crippen LogP contribution in [0.2, 0.25) is 0 Å². The highest BCUT2D eigenvalue weighted by Crippen LogP contribution is 2.42. The molecule has 1 amide bonds. The first-order chi connectivity index (χ1) is 20.4. The molecule has 2 aromatic rings. The van der Waals surface area contributed by atoms with Gasteiger partial charge in [-0.2, -0.15) is 0 Å². The number of Topliss-reactive ketones (excluding diaryl/α,β-unsaturated/α-hetero) is 1. The Bertz CT molecular complexity index is 1270. The van der Waals surface area contributed by atoms with Crippen molar-refractivity contribution in [3.05, 3.63) is 58.7 Å². The highest BCUT2D eigenvalue weighted by Gasteiger charge is 2.46. The minimum absolute atomic E-state index is 0.0611. The number of amides is 1. The molecular weight excluding hydrogens is 536 g/mol. The molecule has 2 fully saturated rings. The Morgan fingerprint density at radius 3 is 2.43 bits per heavy atom. The van der Waals surface area contributed by atoms with Gasteiger partial charge in [-0.05, 0) is 61.2 Å². The molecule has 228 valence electrons. The summed E-state index contributed by atoms with van der Waals surface area (Å²) in [5.74, 6) is 0.258. The molecule has 0 aromatic heterocycles. The minimum atomic E-state index is -0.788. The summed E-state index contributed by atoms with van der Waals surface area (Å²) < 4.78 is 22.9. The van der Waals surface area contributed by atoms with Crippen LogP contribution in [-0.4, -0.2) is 86.3 Å². The van der Waals surface area contributed by atoms with E-state index >= 15 is 0 Å². The van der Waals surface area contributed by atoms with Gasteiger partial charge < -0.3 is 29.0 Å². The van der Waals surface area contributed by atoms with Crippen molar-refractivity contribution in [2.24, 2.45) is 0 Å². The number of ether oxygens (including phenoxy) is 4. The number of methoxy groups -OCH3 is 1. The van der Waals surface area contributed by atoms with Crippen LogP contribution in [-0.2, 0) is 14.3 Å². The molecule has 0 bridgehead atoms. The van der Waals surface area contributed by atoms with E-state index in [4.69, 9.17) is 18.9 Å². The van der Waals surface area contributed by atoms with Crippen LogP contribution in [0, 0.1) is 6.92 Å². The molecule has 1 N–H and O–H groups in total. The molecule has 9 heteroatoms. The van der Waals surface area contributed by atoms with E-state index in [0.29, 0.717) is 67.9 Å². The van der Waals surface area contributed by atoms with Gasteiger partial charge in [0.25, 0.3) is 11.7 Å². The molecule has 0 spiro atoms. The first-order valence-electron chi connectivity index (χ1n) is 15.0. The summed E-state index contributed by atoms with van der Waals surface area (Å²) >= 11 is 0. The third-order valence-corrected chi connectivity index (χ3v) is 7.74. The Hall–Kier alpha value is -3.56. The number of nitrogens with zero attached hydrogens (tertiary/aromatic N) is 2. The van der Waals surface area contributed by atoms with E-state index in [-0.39, 0.29) is 11.3 Å². The zero-order valence-electron chi connectivity index (χ0n) is 25.3. The molecule has 2 aliphatic rings. The number of morpholine rings is 1. The molecule has 2 aromatic carbocycles. The number of aliphatic hydroxyl groups excluding tert-OH is 1. The summed E-state index contributed by atoms with van der Waals surface area (Å²) in [5.41, 5.74) is 1.95. The standard InChI is InChI=1S/C33H44N2O7/c1-5-7-8-18-42-27-12-9-24(22-28(27)39-4)30-29(31(36)26-11-10-25(21-23(26)3)41-17-6-2)32(37)33(38)35(30)14-13-34-15-19-40-20-16-34/h9-12,21-22,30,36H,5-8,13-20H2,1-4H3/b31-29+. The van der Waals surface area contributed by atoms with Crippen molar-refractivity contribution in [3.8, 4) is 17.2 Å².